The Kier molecular flexibility index (Phi) is 3.80. The van der Waals surface area contributed by atoms with E-state index < -0.39 is 0 Å². The second-order valence-electron chi connectivity index (χ2n) is 5.94. The van der Waals surface area contributed by atoms with Crippen LogP contribution in [0.25, 0.3) is 10.8 Å². The van der Waals surface area contributed by atoms with Crippen LogP contribution in [0.2, 0.25) is 0 Å². The molecular formula is C21H19NO3. The van der Waals surface area contributed by atoms with E-state index in [-0.39, 0.29) is 6.04 Å². The number of nitrogens with zero attached hydrogens (tertiary/aromatic N) is 1. The standard InChI is InChI=1S/C21H19NO3/c1-23-17-11-16(12-18(24-2)21(17)25-3)20-19(22-20)15-9-8-13-6-4-5-7-14(13)10-15/h4-12,19H,1-3H3. The number of benzene rings is 3. The molecule has 0 spiro atoms. The van der Waals surface area contributed by atoms with Crippen LogP contribution >= 0.6 is 0 Å². The van der Waals surface area contributed by atoms with Crippen LogP contribution < -0.4 is 14.2 Å². The lowest BCUT2D eigenvalue weighted by Gasteiger charge is -2.13. The first-order chi connectivity index (χ1) is 12.2. The van der Waals surface area contributed by atoms with Crippen LogP contribution in [0.5, 0.6) is 17.2 Å². The van der Waals surface area contributed by atoms with Crippen LogP contribution in [0.1, 0.15) is 17.2 Å². The summed E-state index contributed by atoms with van der Waals surface area (Å²) in [6, 6.07) is 18.8. The molecule has 0 aromatic heterocycles. The van der Waals surface area contributed by atoms with Crippen molar-refractivity contribution >= 4 is 16.5 Å². The number of methoxy groups -OCH3 is 3. The van der Waals surface area contributed by atoms with E-state index in [1.807, 2.05) is 12.1 Å². The van der Waals surface area contributed by atoms with E-state index in [9.17, 15) is 0 Å². The maximum absolute atomic E-state index is 5.44. The fraction of sp³-hybridized carbons (Fsp3) is 0.190. The predicted molar refractivity (Wildman–Crippen MR) is 99.3 cm³/mol. The molecule has 0 N–H and O–H groups in total. The van der Waals surface area contributed by atoms with Gasteiger partial charge in [-0.2, -0.15) is 0 Å². The first kappa shape index (κ1) is 15.5. The Morgan fingerprint density at radius 1 is 0.760 bits per heavy atom. The van der Waals surface area contributed by atoms with Crippen molar-refractivity contribution < 1.29 is 14.2 Å². The third-order valence-corrected chi connectivity index (χ3v) is 4.51. The average molecular weight is 333 g/mol. The van der Waals surface area contributed by atoms with Gasteiger partial charge in [-0.1, -0.05) is 36.4 Å². The molecule has 0 saturated heterocycles. The van der Waals surface area contributed by atoms with E-state index in [0.717, 1.165) is 11.3 Å². The Labute approximate surface area is 146 Å². The highest BCUT2D eigenvalue weighted by atomic mass is 16.5. The van der Waals surface area contributed by atoms with Gasteiger partial charge >= 0.3 is 0 Å². The highest BCUT2D eigenvalue weighted by Crippen LogP contribution is 2.43. The summed E-state index contributed by atoms with van der Waals surface area (Å²) >= 11 is 0. The maximum Gasteiger partial charge on any atom is 0.203 e. The van der Waals surface area contributed by atoms with Gasteiger partial charge in [0, 0.05) is 5.56 Å². The minimum Gasteiger partial charge on any atom is -0.493 e. The summed E-state index contributed by atoms with van der Waals surface area (Å²) in [5, 5.41) is 2.47. The Hall–Kier alpha value is -3.01. The molecule has 0 fully saturated rings. The van der Waals surface area contributed by atoms with E-state index in [1.165, 1.54) is 16.3 Å². The summed E-state index contributed by atoms with van der Waals surface area (Å²) in [6.07, 6.45) is 0. The number of rotatable bonds is 5. The quantitative estimate of drug-likeness (QED) is 0.694. The average Bonchev–Trinajstić information content (AvgIpc) is 3.47. The lowest BCUT2D eigenvalue weighted by molar-refractivity contribution is 0.324. The summed E-state index contributed by atoms with van der Waals surface area (Å²) < 4.78 is 16.3. The molecule has 0 amide bonds. The molecule has 1 atom stereocenters. The molecule has 4 rings (SSSR count). The van der Waals surface area contributed by atoms with Crippen molar-refractivity contribution in [2.24, 2.45) is 4.99 Å². The Morgan fingerprint density at radius 2 is 1.44 bits per heavy atom. The SMILES string of the molecule is COc1cc(C2=NC2c2ccc3ccccc3c2)cc(OC)c1OC. The van der Waals surface area contributed by atoms with Crippen LogP contribution in [0.15, 0.2) is 59.6 Å². The summed E-state index contributed by atoms with van der Waals surface area (Å²) in [6.45, 7) is 0. The third-order valence-electron chi connectivity index (χ3n) is 4.51. The molecule has 3 aromatic rings. The van der Waals surface area contributed by atoms with E-state index in [2.05, 4.69) is 47.5 Å². The van der Waals surface area contributed by atoms with Gasteiger partial charge in [-0.25, -0.2) is 0 Å². The van der Waals surface area contributed by atoms with Crippen molar-refractivity contribution in [3.05, 3.63) is 65.7 Å². The van der Waals surface area contributed by atoms with E-state index in [1.54, 1.807) is 21.3 Å². The van der Waals surface area contributed by atoms with Gasteiger partial charge in [0.2, 0.25) is 5.75 Å². The molecular weight excluding hydrogens is 314 g/mol. The maximum atomic E-state index is 5.44. The highest BCUT2D eigenvalue weighted by Gasteiger charge is 2.32. The molecule has 4 nitrogen and oxygen atoms in total. The van der Waals surface area contributed by atoms with Crippen LogP contribution in [-0.2, 0) is 0 Å². The van der Waals surface area contributed by atoms with Gasteiger partial charge in [0.05, 0.1) is 27.0 Å². The predicted octanol–water partition coefficient (Wildman–Crippen LogP) is 4.41. The van der Waals surface area contributed by atoms with Crippen LogP contribution in [0, 0.1) is 0 Å². The van der Waals surface area contributed by atoms with Crippen molar-refractivity contribution in [2.45, 2.75) is 6.04 Å². The van der Waals surface area contributed by atoms with Gasteiger partial charge in [-0.3, -0.25) is 4.99 Å². The second-order valence-corrected chi connectivity index (χ2v) is 5.94. The molecule has 0 bridgehead atoms. The van der Waals surface area contributed by atoms with Gasteiger partial charge < -0.3 is 14.2 Å². The van der Waals surface area contributed by atoms with Gasteiger partial charge in [0.1, 0.15) is 6.04 Å². The molecule has 1 unspecified atom stereocenters. The van der Waals surface area contributed by atoms with Crippen molar-refractivity contribution in [3.8, 4) is 17.2 Å². The minimum atomic E-state index is 0.0902. The zero-order valence-corrected chi connectivity index (χ0v) is 14.4. The lowest BCUT2D eigenvalue weighted by Crippen LogP contribution is -1.99. The Balaban J connectivity index is 1.66. The normalized spacial score (nSPS) is 15.6. The van der Waals surface area contributed by atoms with Crippen LogP contribution in [0.4, 0.5) is 0 Å². The van der Waals surface area contributed by atoms with Crippen molar-refractivity contribution in [1.29, 1.82) is 0 Å². The van der Waals surface area contributed by atoms with Crippen molar-refractivity contribution in [2.75, 3.05) is 21.3 Å². The summed E-state index contributed by atoms with van der Waals surface area (Å²) in [7, 11) is 4.85. The fourth-order valence-corrected chi connectivity index (χ4v) is 3.17. The second kappa shape index (κ2) is 6.13. The summed E-state index contributed by atoms with van der Waals surface area (Å²) in [5.74, 6) is 1.88. The molecule has 0 radical (unpaired) electrons. The molecule has 126 valence electrons. The Bertz CT molecular complexity index is 953. The molecule has 1 aliphatic heterocycles. The van der Waals surface area contributed by atoms with Gasteiger partial charge in [-0.15, -0.1) is 0 Å². The topological polar surface area (TPSA) is 40.0 Å². The lowest BCUT2D eigenvalue weighted by atomic mass is 10.0. The molecule has 0 saturated carbocycles. The van der Waals surface area contributed by atoms with Crippen molar-refractivity contribution in [1.82, 2.24) is 0 Å². The summed E-state index contributed by atoms with van der Waals surface area (Å²) in [5.41, 5.74) is 3.23. The first-order valence-corrected chi connectivity index (χ1v) is 8.12. The first-order valence-electron chi connectivity index (χ1n) is 8.12. The third kappa shape index (κ3) is 2.70. The van der Waals surface area contributed by atoms with E-state index in [4.69, 9.17) is 14.2 Å². The largest absolute Gasteiger partial charge is 0.493 e. The number of hydrogen-bond donors (Lipinski definition) is 0. The molecule has 3 aromatic carbocycles. The van der Waals surface area contributed by atoms with Crippen molar-refractivity contribution in [3.63, 3.8) is 0 Å². The Morgan fingerprint density at radius 3 is 2.08 bits per heavy atom. The molecule has 25 heavy (non-hydrogen) atoms. The molecule has 4 heteroatoms. The highest BCUT2D eigenvalue weighted by molar-refractivity contribution is 6.14. The minimum absolute atomic E-state index is 0.0902. The van der Waals surface area contributed by atoms with E-state index >= 15 is 0 Å². The van der Waals surface area contributed by atoms with Gasteiger partial charge in [0.25, 0.3) is 0 Å². The number of fused-ring (bicyclic) bond motifs is 1. The molecule has 0 aliphatic carbocycles. The summed E-state index contributed by atoms with van der Waals surface area (Å²) in [4.78, 5) is 4.67. The van der Waals surface area contributed by atoms with Gasteiger partial charge in [-0.05, 0) is 34.5 Å². The number of aliphatic imine (C=N–C) groups is 1. The molecule has 1 aliphatic rings. The van der Waals surface area contributed by atoms with Gasteiger partial charge in [0.15, 0.2) is 11.5 Å². The zero-order valence-electron chi connectivity index (χ0n) is 14.4. The molecule has 1 heterocycles. The van der Waals surface area contributed by atoms with Crippen LogP contribution in [-0.4, -0.2) is 27.0 Å². The zero-order chi connectivity index (χ0) is 17.4. The van der Waals surface area contributed by atoms with E-state index in [0.29, 0.717) is 17.2 Å². The fourth-order valence-electron chi connectivity index (χ4n) is 3.17. The monoisotopic (exact) mass is 333 g/mol. The smallest absolute Gasteiger partial charge is 0.203 e. The number of ether oxygens (including phenoxy) is 3. The van der Waals surface area contributed by atoms with Crippen LogP contribution in [0.3, 0.4) is 0 Å². The number of hydrogen-bond acceptors (Lipinski definition) is 4.